The summed E-state index contributed by atoms with van der Waals surface area (Å²) in [6.07, 6.45) is 1.78. The molecule has 0 bridgehead atoms. The minimum absolute atomic E-state index is 0. The molecular formula is C19H29IN4O2. The Hall–Kier alpha value is -1.77. The molecule has 0 aliphatic rings. The molecule has 1 aromatic carbocycles. The zero-order valence-electron chi connectivity index (χ0n) is 16.1. The van der Waals surface area contributed by atoms with E-state index in [0.717, 1.165) is 11.5 Å². The molecule has 144 valence electrons. The van der Waals surface area contributed by atoms with E-state index in [1.807, 2.05) is 31.2 Å². The molecule has 0 fully saturated rings. The standard InChI is InChI=1S/C19H28N4O2.HI/c1-14-7-6-8-15(11-14)24-10-9-21-18(20-5)23-13-17-22-12-16(25-17)19(2,3)4;/h6-8,11-12H,9-10,13H2,1-5H3,(H2,20,21,23);1H. The first-order chi connectivity index (χ1) is 11.9. The zero-order chi connectivity index (χ0) is 18.3. The van der Waals surface area contributed by atoms with Gasteiger partial charge in [0.05, 0.1) is 19.3 Å². The molecular weight excluding hydrogens is 443 g/mol. The average Bonchev–Trinajstić information content (AvgIpc) is 3.03. The predicted molar refractivity (Wildman–Crippen MR) is 115 cm³/mol. The van der Waals surface area contributed by atoms with Crippen molar-refractivity contribution in [3.8, 4) is 5.75 Å². The maximum absolute atomic E-state index is 5.76. The summed E-state index contributed by atoms with van der Waals surface area (Å²) in [4.78, 5) is 8.48. The van der Waals surface area contributed by atoms with Crippen molar-refractivity contribution in [2.45, 2.75) is 39.7 Å². The van der Waals surface area contributed by atoms with Crippen molar-refractivity contribution in [1.29, 1.82) is 0 Å². The number of hydrogen-bond acceptors (Lipinski definition) is 4. The molecule has 0 unspecified atom stereocenters. The number of rotatable bonds is 6. The van der Waals surface area contributed by atoms with E-state index in [2.05, 4.69) is 41.4 Å². The molecule has 0 saturated carbocycles. The number of halogens is 1. The third-order valence-electron chi connectivity index (χ3n) is 3.58. The average molecular weight is 472 g/mol. The van der Waals surface area contributed by atoms with Crippen LogP contribution in [-0.4, -0.2) is 31.1 Å². The lowest BCUT2D eigenvalue weighted by Crippen LogP contribution is -2.38. The lowest BCUT2D eigenvalue weighted by atomic mass is 9.94. The van der Waals surface area contributed by atoms with Crippen LogP contribution >= 0.6 is 24.0 Å². The van der Waals surface area contributed by atoms with E-state index in [-0.39, 0.29) is 29.4 Å². The van der Waals surface area contributed by atoms with Gasteiger partial charge in [-0.1, -0.05) is 32.9 Å². The fourth-order valence-electron chi connectivity index (χ4n) is 2.16. The Morgan fingerprint density at radius 2 is 2.04 bits per heavy atom. The van der Waals surface area contributed by atoms with Gasteiger partial charge in [-0.05, 0) is 24.6 Å². The molecule has 2 N–H and O–H groups in total. The number of nitrogens with one attached hydrogen (secondary N) is 2. The van der Waals surface area contributed by atoms with Gasteiger partial charge in [0.1, 0.15) is 18.1 Å². The molecule has 0 aliphatic carbocycles. The second-order valence-corrected chi connectivity index (χ2v) is 6.89. The molecule has 0 spiro atoms. The third kappa shape index (κ3) is 7.23. The Bertz CT molecular complexity index is 708. The van der Waals surface area contributed by atoms with Crippen LogP contribution < -0.4 is 15.4 Å². The summed E-state index contributed by atoms with van der Waals surface area (Å²) in [6, 6.07) is 8.00. The van der Waals surface area contributed by atoms with Gasteiger partial charge in [0.2, 0.25) is 5.89 Å². The van der Waals surface area contributed by atoms with Crippen molar-refractivity contribution >= 4 is 29.9 Å². The maximum Gasteiger partial charge on any atom is 0.213 e. The number of aliphatic imine (C=N–C) groups is 1. The molecule has 7 heteroatoms. The number of nitrogens with zero attached hydrogens (tertiary/aromatic N) is 2. The lowest BCUT2D eigenvalue weighted by Gasteiger charge is -2.13. The van der Waals surface area contributed by atoms with E-state index >= 15 is 0 Å². The fraction of sp³-hybridized carbons (Fsp3) is 0.474. The third-order valence-corrected chi connectivity index (χ3v) is 3.58. The molecule has 26 heavy (non-hydrogen) atoms. The monoisotopic (exact) mass is 472 g/mol. The minimum atomic E-state index is -0.0433. The summed E-state index contributed by atoms with van der Waals surface area (Å²) in [6.45, 7) is 10.0. The Kier molecular flexibility index (Phi) is 8.91. The zero-order valence-corrected chi connectivity index (χ0v) is 18.5. The summed E-state index contributed by atoms with van der Waals surface area (Å²) in [7, 11) is 1.73. The normalized spacial score (nSPS) is 11.7. The molecule has 0 saturated heterocycles. The largest absolute Gasteiger partial charge is 0.492 e. The van der Waals surface area contributed by atoms with Crippen molar-refractivity contribution in [3.05, 3.63) is 47.7 Å². The second-order valence-electron chi connectivity index (χ2n) is 6.89. The minimum Gasteiger partial charge on any atom is -0.492 e. The van der Waals surface area contributed by atoms with Crippen LogP contribution in [0.5, 0.6) is 5.75 Å². The first-order valence-electron chi connectivity index (χ1n) is 8.47. The molecule has 0 amide bonds. The molecule has 1 aromatic heterocycles. The van der Waals surface area contributed by atoms with Crippen LogP contribution in [0, 0.1) is 6.92 Å². The van der Waals surface area contributed by atoms with Gasteiger partial charge in [0.25, 0.3) is 0 Å². The van der Waals surface area contributed by atoms with Gasteiger partial charge in [-0.3, -0.25) is 4.99 Å². The predicted octanol–water partition coefficient (Wildman–Crippen LogP) is 3.64. The molecule has 6 nitrogen and oxygen atoms in total. The molecule has 0 atom stereocenters. The summed E-state index contributed by atoms with van der Waals surface area (Å²) < 4.78 is 11.5. The van der Waals surface area contributed by atoms with Crippen LogP contribution in [0.25, 0.3) is 0 Å². The van der Waals surface area contributed by atoms with Gasteiger partial charge in [-0.25, -0.2) is 4.98 Å². The number of benzene rings is 1. The highest BCUT2D eigenvalue weighted by Crippen LogP contribution is 2.22. The van der Waals surface area contributed by atoms with Crippen molar-refractivity contribution in [2.75, 3.05) is 20.2 Å². The smallest absolute Gasteiger partial charge is 0.213 e. The summed E-state index contributed by atoms with van der Waals surface area (Å²) >= 11 is 0. The molecule has 0 radical (unpaired) electrons. The van der Waals surface area contributed by atoms with Crippen LogP contribution in [0.2, 0.25) is 0 Å². The quantitative estimate of drug-likeness (QED) is 0.291. The van der Waals surface area contributed by atoms with Gasteiger partial charge in [0.15, 0.2) is 5.96 Å². The number of aromatic nitrogens is 1. The number of hydrogen-bond donors (Lipinski definition) is 2. The van der Waals surface area contributed by atoms with Crippen molar-refractivity contribution in [3.63, 3.8) is 0 Å². The van der Waals surface area contributed by atoms with Crippen LogP contribution in [-0.2, 0) is 12.0 Å². The Balaban J connectivity index is 0.00000338. The Labute approximate surface area is 172 Å². The first kappa shape index (κ1) is 22.3. The van der Waals surface area contributed by atoms with Gasteiger partial charge in [0, 0.05) is 12.5 Å². The van der Waals surface area contributed by atoms with E-state index in [4.69, 9.17) is 9.15 Å². The van der Waals surface area contributed by atoms with Crippen molar-refractivity contribution < 1.29 is 9.15 Å². The van der Waals surface area contributed by atoms with Crippen LogP contribution in [0.1, 0.15) is 38.0 Å². The molecule has 2 rings (SSSR count). The fourth-order valence-corrected chi connectivity index (χ4v) is 2.16. The number of aryl methyl sites for hydroxylation is 1. The van der Waals surface area contributed by atoms with Gasteiger partial charge >= 0.3 is 0 Å². The van der Waals surface area contributed by atoms with Gasteiger partial charge < -0.3 is 19.8 Å². The topological polar surface area (TPSA) is 71.7 Å². The van der Waals surface area contributed by atoms with Gasteiger partial charge in [-0.2, -0.15) is 0 Å². The molecule has 0 aliphatic heterocycles. The van der Waals surface area contributed by atoms with Gasteiger partial charge in [-0.15, -0.1) is 24.0 Å². The van der Waals surface area contributed by atoms with Crippen molar-refractivity contribution in [1.82, 2.24) is 15.6 Å². The summed E-state index contributed by atoms with van der Waals surface area (Å²) in [5.41, 5.74) is 1.14. The maximum atomic E-state index is 5.76. The Morgan fingerprint density at radius 1 is 1.27 bits per heavy atom. The van der Waals surface area contributed by atoms with Crippen LogP contribution in [0.4, 0.5) is 0 Å². The van der Waals surface area contributed by atoms with E-state index in [1.54, 1.807) is 13.2 Å². The second kappa shape index (κ2) is 10.4. The van der Waals surface area contributed by atoms with E-state index in [1.165, 1.54) is 5.56 Å². The van der Waals surface area contributed by atoms with E-state index < -0.39 is 0 Å². The van der Waals surface area contributed by atoms with Crippen LogP contribution in [0.15, 0.2) is 39.9 Å². The van der Waals surface area contributed by atoms with Crippen LogP contribution in [0.3, 0.4) is 0 Å². The van der Waals surface area contributed by atoms with E-state index in [9.17, 15) is 0 Å². The summed E-state index contributed by atoms with van der Waals surface area (Å²) in [5, 5.41) is 6.39. The summed E-state index contributed by atoms with van der Waals surface area (Å²) in [5.74, 6) is 3.07. The molecule has 2 aromatic rings. The first-order valence-corrected chi connectivity index (χ1v) is 8.47. The SMILES string of the molecule is CN=C(NCCOc1cccc(C)c1)NCc1ncc(C(C)(C)C)o1.I. The number of guanidine groups is 1. The number of ether oxygens (including phenoxy) is 1. The number of oxazole rings is 1. The highest BCUT2D eigenvalue weighted by Gasteiger charge is 2.19. The Morgan fingerprint density at radius 3 is 2.65 bits per heavy atom. The lowest BCUT2D eigenvalue weighted by molar-refractivity contribution is 0.321. The highest BCUT2D eigenvalue weighted by atomic mass is 127. The molecule has 1 heterocycles. The van der Waals surface area contributed by atoms with Crippen molar-refractivity contribution in [2.24, 2.45) is 4.99 Å². The highest BCUT2D eigenvalue weighted by molar-refractivity contribution is 14.0. The van der Waals surface area contributed by atoms with E-state index in [0.29, 0.717) is 31.5 Å².